The molecule has 0 saturated heterocycles. The molecule has 0 unspecified atom stereocenters. The van der Waals surface area contributed by atoms with Crippen LogP contribution in [0.1, 0.15) is 20.7 Å². The molecule has 0 atom stereocenters. The first-order valence-corrected chi connectivity index (χ1v) is 14.2. The molecule has 44 heavy (non-hydrogen) atoms. The van der Waals surface area contributed by atoms with Gasteiger partial charge in [0, 0.05) is 0 Å². The van der Waals surface area contributed by atoms with Crippen LogP contribution in [0.4, 0.5) is 11.4 Å². The van der Waals surface area contributed by atoms with Crippen molar-refractivity contribution in [2.24, 2.45) is 0 Å². The molecule has 5 rings (SSSR count). The summed E-state index contributed by atoms with van der Waals surface area (Å²) < 4.78 is 23.1. The van der Waals surface area contributed by atoms with Crippen molar-refractivity contribution in [3.63, 3.8) is 0 Å². The minimum absolute atomic E-state index is 0.256. The Balaban J connectivity index is 1.19. The summed E-state index contributed by atoms with van der Waals surface area (Å²) in [6.07, 6.45) is 0. The highest BCUT2D eigenvalue weighted by molar-refractivity contribution is 6.11. The van der Waals surface area contributed by atoms with Crippen LogP contribution >= 0.6 is 0 Å². The number of carbonyl (C=O) groups excluding carboxylic acids is 2. The van der Waals surface area contributed by atoms with E-state index in [4.69, 9.17) is 18.9 Å². The van der Waals surface area contributed by atoms with E-state index in [1.54, 1.807) is 72.8 Å². The quantitative estimate of drug-likeness (QED) is 0.134. The van der Waals surface area contributed by atoms with Crippen LogP contribution in [0.3, 0.4) is 0 Å². The van der Waals surface area contributed by atoms with Gasteiger partial charge >= 0.3 is 0 Å². The maximum atomic E-state index is 13.3. The lowest BCUT2D eigenvalue weighted by molar-refractivity contribution is 0.101. The van der Waals surface area contributed by atoms with E-state index >= 15 is 0 Å². The molecule has 0 spiro atoms. The maximum absolute atomic E-state index is 13.3. The zero-order chi connectivity index (χ0) is 30.4. The Morgan fingerprint density at radius 2 is 0.750 bits per heavy atom. The van der Waals surface area contributed by atoms with Crippen LogP contribution in [0, 0.1) is 0 Å². The third kappa shape index (κ3) is 8.39. The first-order valence-electron chi connectivity index (χ1n) is 14.2. The van der Waals surface area contributed by atoms with Gasteiger partial charge in [0.25, 0.3) is 11.8 Å². The number of benzene rings is 5. The van der Waals surface area contributed by atoms with Crippen LogP contribution in [0.2, 0.25) is 0 Å². The second-order valence-corrected chi connectivity index (χ2v) is 9.47. The normalized spacial score (nSPS) is 10.4. The number of nitrogens with one attached hydrogen (secondary N) is 2. The second kappa shape index (κ2) is 15.5. The molecule has 0 fully saturated rings. The average Bonchev–Trinajstić information content (AvgIpc) is 3.07. The van der Waals surface area contributed by atoms with Gasteiger partial charge in [0.05, 0.1) is 22.5 Å². The number of para-hydroxylation sites is 6. The lowest BCUT2D eigenvalue weighted by Gasteiger charge is -2.16. The monoisotopic (exact) mass is 588 g/mol. The van der Waals surface area contributed by atoms with Gasteiger partial charge in [0.1, 0.15) is 49.4 Å². The third-order valence-corrected chi connectivity index (χ3v) is 6.39. The van der Waals surface area contributed by atoms with E-state index in [9.17, 15) is 9.59 Å². The third-order valence-electron chi connectivity index (χ3n) is 6.39. The Morgan fingerprint density at radius 3 is 1.18 bits per heavy atom. The molecule has 0 heterocycles. The molecule has 222 valence electrons. The second-order valence-electron chi connectivity index (χ2n) is 9.47. The van der Waals surface area contributed by atoms with Gasteiger partial charge in [-0.3, -0.25) is 9.59 Å². The summed E-state index contributed by atoms with van der Waals surface area (Å²) in [5.41, 5.74) is 1.57. The molecule has 0 aliphatic rings. The molecule has 8 nitrogen and oxygen atoms in total. The minimum Gasteiger partial charge on any atom is -0.490 e. The van der Waals surface area contributed by atoms with Gasteiger partial charge in [-0.2, -0.15) is 0 Å². The van der Waals surface area contributed by atoms with Crippen molar-refractivity contribution in [1.82, 2.24) is 0 Å². The molecule has 5 aromatic rings. The van der Waals surface area contributed by atoms with E-state index in [-0.39, 0.29) is 25.0 Å². The van der Waals surface area contributed by atoms with Gasteiger partial charge in [0.2, 0.25) is 0 Å². The van der Waals surface area contributed by atoms with E-state index in [0.29, 0.717) is 47.2 Å². The summed E-state index contributed by atoms with van der Waals surface area (Å²) in [4.78, 5) is 26.7. The fourth-order valence-corrected chi connectivity index (χ4v) is 4.30. The molecule has 0 aliphatic heterocycles. The molecule has 5 aromatic carbocycles. The van der Waals surface area contributed by atoms with Crippen LogP contribution in [0.5, 0.6) is 23.0 Å². The number of carbonyl (C=O) groups is 2. The van der Waals surface area contributed by atoms with Crippen molar-refractivity contribution in [1.29, 1.82) is 0 Å². The number of ether oxygens (including phenoxy) is 4. The van der Waals surface area contributed by atoms with Crippen LogP contribution in [0.15, 0.2) is 133 Å². The number of amides is 2. The first kappa shape index (κ1) is 29.7. The van der Waals surface area contributed by atoms with Crippen molar-refractivity contribution >= 4 is 23.2 Å². The molecule has 2 N–H and O–H groups in total. The number of rotatable bonds is 14. The SMILES string of the molecule is O=C(Nc1ccccc1NC(=O)c1ccccc1OCCOc1ccccc1)c1ccccc1OCCOc1ccccc1. The summed E-state index contributed by atoms with van der Waals surface area (Å²) in [5.74, 6) is 1.57. The summed E-state index contributed by atoms with van der Waals surface area (Å²) in [5, 5.41) is 5.80. The highest BCUT2D eigenvalue weighted by Gasteiger charge is 2.17. The summed E-state index contributed by atoms with van der Waals surface area (Å²) in [6, 6.07) is 39.8. The highest BCUT2D eigenvalue weighted by Crippen LogP contribution is 2.27. The predicted octanol–water partition coefficient (Wildman–Crippen LogP) is 7.11. The fourth-order valence-electron chi connectivity index (χ4n) is 4.30. The maximum Gasteiger partial charge on any atom is 0.259 e. The summed E-state index contributed by atoms with van der Waals surface area (Å²) in [7, 11) is 0. The Bertz CT molecular complexity index is 1540. The van der Waals surface area contributed by atoms with Crippen LogP contribution in [0.25, 0.3) is 0 Å². The van der Waals surface area contributed by atoms with Gasteiger partial charge in [-0.15, -0.1) is 0 Å². The number of anilines is 2. The lowest BCUT2D eigenvalue weighted by atomic mass is 10.1. The fraction of sp³-hybridized carbons (Fsp3) is 0.111. The highest BCUT2D eigenvalue weighted by atomic mass is 16.5. The van der Waals surface area contributed by atoms with Gasteiger partial charge in [0.15, 0.2) is 0 Å². The first-order chi connectivity index (χ1) is 21.7. The Kier molecular flexibility index (Phi) is 10.4. The van der Waals surface area contributed by atoms with Crippen LogP contribution in [-0.4, -0.2) is 38.2 Å². The van der Waals surface area contributed by atoms with E-state index in [1.807, 2.05) is 60.7 Å². The van der Waals surface area contributed by atoms with Gasteiger partial charge in [-0.1, -0.05) is 72.8 Å². The van der Waals surface area contributed by atoms with Crippen LogP contribution < -0.4 is 29.6 Å². The Morgan fingerprint density at radius 1 is 0.409 bits per heavy atom. The van der Waals surface area contributed by atoms with Gasteiger partial charge in [-0.25, -0.2) is 0 Å². The standard InChI is InChI=1S/C36H32N2O6/c39-35(29-17-7-11-21-33(29)43-25-23-41-27-13-3-1-4-14-27)37-31-19-9-10-20-32(31)38-36(40)30-18-8-12-22-34(30)44-26-24-42-28-15-5-2-6-16-28/h1-22H,23-26H2,(H,37,39)(H,38,40). The minimum atomic E-state index is -0.381. The summed E-state index contributed by atoms with van der Waals surface area (Å²) in [6.45, 7) is 1.15. The van der Waals surface area contributed by atoms with Crippen molar-refractivity contribution in [3.8, 4) is 23.0 Å². The molecule has 0 aromatic heterocycles. The topological polar surface area (TPSA) is 95.1 Å². The van der Waals surface area contributed by atoms with Crippen LogP contribution in [-0.2, 0) is 0 Å². The molecular weight excluding hydrogens is 556 g/mol. The molecule has 8 heteroatoms. The van der Waals surface area contributed by atoms with E-state index < -0.39 is 0 Å². The molecule has 0 saturated carbocycles. The largest absolute Gasteiger partial charge is 0.490 e. The van der Waals surface area contributed by atoms with Gasteiger partial charge < -0.3 is 29.6 Å². The molecule has 0 bridgehead atoms. The zero-order valence-electron chi connectivity index (χ0n) is 24.0. The lowest BCUT2D eigenvalue weighted by Crippen LogP contribution is -2.19. The number of hydrogen-bond donors (Lipinski definition) is 2. The Labute approximate surface area is 256 Å². The average molecular weight is 589 g/mol. The zero-order valence-corrected chi connectivity index (χ0v) is 24.0. The van der Waals surface area contributed by atoms with Gasteiger partial charge in [-0.05, 0) is 60.7 Å². The van der Waals surface area contributed by atoms with E-state index in [1.165, 1.54) is 0 Å². The van der Waals surface area contributed by atoms with Crippen molar-refractivity contribution < 1.29 is 28.5 Å². The van der Waals surface area contributed by atoms with E-state index in [2.05, 4.69) is 10.6 Å². The smallest absolute Gasteiger partial charge is 0.259 e. The molecule has 2 amide bonds. The van der Waals surface area contributed by atoms with Crippen molar-refractivity contribution in [3.05, 3.63) is 145 Å². The molecule has 0 aliphatic carbocycles. The van der Waals surface area contributed by atoms with Crippen molar-refractivity contribution in [2.75, 3.05) is 37.1 Å². The molecule has 0 radical (unpaired) electrons. The number of hydrogen-bond acceptors (Lipinski definition) is 6. The predicted molar refractivity (Wildman–Crippen MR) is 170 cm³/mol. The molecular formula is C36H32N2O6. The Hall–Kier alpha value is -5.76. The van der Waals surface area contributed by atoms with E-state index in [0.717, 1.165) is 11.5 Å². The van der Waals surface area contributed by atoms with Crippen molar-refractivity contribution in [2.45, 2.75) is 0 Å². The summed E-state index contributed by atoms with van der Waals surface area (Å²) >= 11 is 0.